The van der Waals surface area contributed by atoms with Crippen LogP contribution < -0.4 is 0 Å². The standard InChI is InChI=1S/C26H20FN3O/c1-31-17-23-25(21-11-13-22(27)14-12-21)26-28-16-15-24(30(26)29-23)20-9-7-19(8-10-20)18-5-3-2-4-6-18/h2-16H,17H2,1H3. The second-order valence-corrected chi connectivity index (χ2v) is 7.27. The molecule has 0 N–H and O–H groups in total. The molecule has 0 amide bonds. The molecular weight excluding hydrogens is 389 g/mol. The molecule has 0 aliphatic heterocycles. The summed E-state index contributed by atoms with van der Waals surface area (Å²) in [5, 5.41) is 4.79. The number of fused-ring (bicyclic) bond motifs is 1. The highest BCUT2D eigenvalue weighted by atomic mass is 19.1. The van der Waals surface area contributed by atoms with Crippen LogP contribution in [-0.2, 0) is 11.3 Å². The third-order valence-electron chi connectivity index (χ3n) is 5.29. The molecule has 0 aliphatic carbocycles. The summed E-state index contributed by atoms with van der Waals surface area (Å²) in [7, 11) is 1.63. The molecule has 5 aromatic rings. The van der Waals surface area contributed by atoms with Crippen molar-refractivity contribution in [2.75, 3.05) is 7.11 Å². The summed E-state index contributed by atoms with van der Waals surface area (Å²) in [6.07, 6.45) is 1.78. The van der Waals surface area contributed by atoms with E-state index in [1.165, 1.54) is 17.7 Å². The molecule has 3 aromatic carbocycles. The zero-order chi connectivity index (χ0) is 21.2. The molecule has 5 heteroatoms. The van der Waals surface area contributed by atoms with Crippen LogP contribution in [-0.4, -0.2) is 21.7 Å². The number of halogens is 1. The Kier molecular flexibility index (Phi) is 5.02. The van der Waals surface area contributed by atoms with Gasteiger partial charge in [0.2, 0.25) is 0 Å². The Bertz CT molecular complexity index is 1330. The fourth-order valence-corrected chi connectivity index (χ4v) is 3.82. The van der Waals surface area contributed by atoms with E-state index in [1.54, 1.807) is 25.4 Å². The zero-order valence-corrected chi connectivity index (χ0v) is 17.0. The molecule has 4 nitrogen and oxygen atoms in total. The average molecular weight is 409 g/mol. The van der Waals surface area contributed by atoms with Gasteiger partial charge in [-0.05, 0) is 34.9 Å². The first-order valence-corrected chi connectivity index (χ1v) is 10.0. The first-order valence-electron chi connectivity index (χ1n) is 10.0. The summed E-state index contributed by atoms with van der Waals surface area (Å²) < 4.78 is 20.7. The van der Waals surface area contributed by atoms with Crippen molar-refractivity contribution in [2.24, 2.45) is 0 Å². The molecule has 2 aromatic heterocycles. The van der Waals surface area contributed by atoms with Gasteiger partial charge in [0.15, 0.2) is 5.65 Å². The second-order valence-electron chi connectivity index (χ2n) is 7.27. The molecule has 0 bridgehead atoms. The van der Waals surface area contributed by atoms with Crippen molar-refractivity contribution in [1.82, 2.24) is 14.6 Å². The van der Waals surface area contributed by atoms with Gasteiger partial charge in [-0.15, -0.1) is 0 Å². The van der Waals surface area contributed by atoms with Crippen LogP contribution in [0.25, 0.3) is 39.2 Å². The van der Waals surface area contributed by atoms with Crippen molar-refractivity contribution in [2.45, 2.75) is 6.61 Å². The van der Waals surface area contributed by atoms with E-state index >= 15 is 0 Å². The van der Waals surface area contributed by atoms with Gasteiger partial charge in [0, 0.05) is 18.9 Å². The quantitative estimate of drug-likeness (QED) is 0.357. The van der Waals surface area contributed by atoms with E-state index < -0.39 is 0 Å². The summed E-state index contributed by atoms with van der Waals surface area (Å²) in [5.74, 6) is -0.277. The molecule has 0 saturated heterocycles. The van der Waals surface area contributed by atoms with Gasteiger partial charge in [-0.25, -0.2) is 13.9 Å². The Labute approximate surface area is 179 Å². The fourth-order valence-electron chi connectivity index (χ4n) is 3.82. The van der Waals surface area contributed by atoms with E-state index in [9.17, 15) is 4.39 Å². The highest BCUT2D eigenvalue weighted by Crippen LogP contribution is 2.31. The van der Waals surface area contributed by atoms with Crippen LogP contribution >= 0.6 is 0 Å². The summed E-state index contributed by atoms with van der Waals surface area (Å²) in [5.41, 5.74) is 7.46. The Morgan fingerprint density at radius 3 is 2.13 bits per heavy atom. The largest absolute Gasteiger partial charge is 0.378 e. The minimum absolute atomic E-state index is 0.277. The predicted octanol–water partition coefficient (Wildman–Crippen LogP) is 6.02. The fraction of sp³-hybridized carbons (Fsp3) is 0.0769. The SMILES string of the molecule is COCc1nn2c(-c3ccc(-c4ccccc4)cc3)ccnc2c1-c1ccc(F)cc1. The molecule has 0 spiro atoms. The van der Waals surface area contributed by atoms with E-state index in [4.69, 9.17) is 9.84 Å². The number of nitrogens with zero attached hydrogens (tertiary/aromatic N) is 3. The Hall–Kier alpha value is -3.83. The van der Waals surface area contributed by atoms with Crippen molar-refractivity contribution in [3.63, 3.8) is 0 Å². The van der Waals surface area contributed by atoms with Crippen LogP contribution in [0.4, 0.5) is 4.39 Å². The van der Waals surface area contributed by atoms with Crippen LogP contribution in [0, 0.1) is 5.82 Å². The number of ether oxygens (including phenoxy) is 1. The lowest BCUT2D eigenvalue weighted by Gasteiger charge is -2.07. The molecule has 5 rings (SSSR count). The first-order chi connectivity index (χ1) is 15.2. The molecule has 152 valence electrons. The maximum Gasteiger partial charge on any atom is 0.163 e. The molecule has 0 fully saturated rings. The number of methoxy groups -OCH3 is 1. The predicted molar refractivity (Wildman–Crippen MR) is 120 cm³/mol. The number of aromatic nitrogens is 3. The van der Waals surface area contributed by atoms with Gasteiger partial charge in [0.25, 0.3) is 0 Å². The molecule has 2 heterocycles. The van der Waals surface area contributed by atoms with Crippen molar-refractivity contribution >= 4 is 5.65 Å². The maximum absolute atomic E-state index is 13.5. The highest BCUT2D eigenvalue weighted by molar-refractivity contribution is 5.82. The van der Waals surface area contributed by atoms with E-state index in [2.05, 4.69) is 41.4 Å². The lowest BCUT2D eigenvalue weighted by Crippen LogP contribution is -1.96. The Balaban J connectivity index is 1.63. The average Bonchev–Trinajstić information content (AvgIpc) is 3.19. The van der Waals surface area contributed by atoms with E-state index in [-0.39, 0.29) is 5.82 Å². The lowest BCUT2D eigenvalue weighted by atomic mass is 10.0. The number of hydrogen-bond acceptors (Lipinski definition) is 3. The van der Waals surface area contributed by atoms with Crippen LogP contribution in [0.2, 0.25) is 0 Å². The number of rotatable bonds is 5. The number of benzene rings is 3. The van der Waals surface area contributed by atoms with Gasteiger partial charge < -0.3 is 4.74 Å². The highest BCUT2D eigenvalue weighted by Gasteiger charge is 2.18. The molecule has 31 heavy (non-hydrogen) atoms. The van der Waals surface area contributed by atoms with Gasteiger partial charge in [-0.1, -0.05) is 66.7 Å². The van der Waals surface area contributed by atoms with Crippen LogP contribution in [0.5, 0.6) is 0 Å². The molecule has 0 atom stereocenters. The van der Waals surface area contributed by atoms with Gasteiger partial charge >= 0.3 is 0 Å². The van der Waals surface area contributed by atoms with Gasteiger partial charge in [-0.2, -0.15) is 5.10 Å². The van der Waals surface area contributed by atoms with Crippen molar-refractivity contribution in [1.29, 1.82) is 0 Å². The summed E-state index contributed by atoms with van der Waals surface area (Å²) in [6.45, 7) is 0.336. The third kappa shape index (κ3) is 3.60. The normalized spacial score (nSPS) is 11.2. The van der Waals surface area contributed by atoms with Crippen molar-refractivity contribution in [3.8, 4) is 33.5 Å². The minimum atomic E-state index is -0.277. The Morgan fingerprint density at radius 2 is 1.42 bits per heavy atom. The van der Waals surface area contributed by atoms with Crippen molar-refractivity contribution in [3.05, 3.63) is 103 Å². The molecule has 0 unspecified atom stereocenters. The van der Waals surface area contributed by atoms with Gasteiger partial charge in [0.1, 0.15) is 5.82 Å². The topological polar surface area (TPSA) is 39.4 Å². The molecular formula is C26H20FN3O. The summed E-state index contributed by atoms with van der Waals surface area (Å²) in [6, 6.07) is 27.0. The zero-order valence-electron chi connectivity index (χ0n) is 17.0. The van der Waals surface area contributed by atoms with E-state index in [0.717, 1.165) is 33.6 Å². The van der Waals surface area contributed by atoms with Crippen LogP contribution in [0.1, 0.15) is 5.69 Å². The minimum Gasteiger partial charge on any atom is -0.378 e. The van der Waals surface area contributed by atoms with Crippen LogP contribution in [0.15, 0.2) is 91.1 Å². The van der Waals surface area contributed by atoms with E-state index in [1.807, 2.05) is 28.8 Å². The lowest BCUT2D eigenvalue weighted by molar-refractivity contribution is 0.181. The third-order valence-corrected chi connectivity index (χ3v) is 5.29. The van der Waals surface area contributed by atoms with E-state index in [0.29, 0.717) is 12.3 Å². The molecule has 0 radical (unpaired) electrons. The maximum atomic E-state index is 13.5. The van der Waals surface area contributed by atoms with Gasteiger partial charge in [-0.3, -0.25) is 0 Å². The smallest absolute Gasteiger partial charge is 0.163 e. The van der Waals surface area contributed by atoms with Crippen LogP contribution in [0.3, 0.4) is 0 Å². The van der Waals surface area contributed by atoms with Crippen molar-refractivity contribution < 1.29 is 9.13 Å². The summed E-state index contributed by atoms with van der Waals surface area (Å²) >= 11 is 0. The summed E-state index contributed by atoms with van der Waals surface area (Å²) in [4.78, 5) is 4.59. The Morgan fingerprint density at radius 1 is 0.774 bits per heavy atom. The van der Waals surface area contributed by atoms with Gasteiger partial charge in [0.05, 0.1) is 23.6 Å². The first kappa shape index (κ1) is 19.2. The molecule has 0 saturated carbocycles. The number of hydrogen-bond donors (Lipinski definition) is 0. The second kappa shape index (κ2) is 8.13. The monoisotopic (exact) mass is 409 g/mol. The molecule has 0 aliphatic rings.